The van der Waals surface area contributed by atoms with Crippen LogP contribution in [0.4, 0.5) is 0 Å². The van der Waals surface area contributed by atoms with Gasteiger partial charge in [0.25, 0.3) is 0 Å². The van der Waals surface area contributed by atoms with Gasteiger partial charge >= 0.3 is 39.5 Å². The minimum atomic E-state index is -4.96. The predicted octanol–water partition coefficient (Wildman–Crippen LogP) is 22.2. The molecule has 0 aromatic carbocycles. The van der Waals surface area contributed by atoms with Crippen LogP contribution in [0, 0.1) is 17.8 Å². The highest BCUT2D eigenvalue weighted by Crippen LogP contribution is 2.45. The van der Waals surface area contributed by atoms with E-state index in [1.165, 1.54) is 193 Å². The van der Waals surface area contributed by atoms with Crippen LogP contribution in [0.3, 0.4) is 0 Å². The van der Waals surface area contributed by atoms with Crippen LogP contribution in [0.2, 0.25) is 0 Å². The maximum atomic E-state index is 13.1. The average molecular weight is 1400 g/mol. The van der Waals surface area contributed by atoms with Crippen molar-refractivity contribution in [2.45, 2.75) is 407 Å². The summed E-state index contributed by atoms with van der Waals surface area (Å²) in [5, 5.41) is 10.6. The zero-order valence-corrected chi connectivity index (χ0v) is 63.9. The van der Waals surface area contributed by atoms with Gasteiger partial charge in [0.05, 0.1) is 26.4 Å². The van der Waals surface area contributed by atoms with Crippen LogP contribution < -0.4 is 0 Å². The molecule has 0 amide bonds. The van der Waals surface area contributed by atoms with Gasteiger partial charge < -0.3 is 33.8 Å². The second kappa shape index (κ2) is 66.6. The van der Waals surface area contributed by atoms with Crippen LogP contribution in [0.1, 0.15) is 389 Å². The quantitative estimate of drug-likeness (QED) is 0.0222. The normalized spacial score (nSPS) is 14.4. The number of unbranched alkanes of at least 4 members (excludes halogenated alkanes) is 41. The molecular formula is C76H148O17P2. The standard InChI is InChI=1S/C76H148O17P2/c1-8-10-11-12-13-14-15-16-17-18-19-23-26-29-36-43-50-57-73(78)86-63-71(92-75(80)59-52-45-37-30-27-24-21-20-22-25-28-35-42-49-56-69(7)9-2)65-90-94(82,83)88-61-70(77)62-89-95(84,85)91-66-72(93-76(81)60-53-46-39-32-34-41-48-55-68(5)6)64-87-74(79)58-51-44-38-31-33-40-47-54-67(3)4/h67-72,77H,8-66H2,1-7H3,(H,82,83)(H,84,85)/t69?,70-,71-,72-/m1/s1. The Balaban J connectivity index is 5.22. The van der Waals surface area contributed by atoms with E-state index in [1.807, 2.05) is 0 Å². The van der Waals surface area contributed by atoms with Crippen molar-refractivity contribution >= 4 is 39.5 Å². The number of phosphoric ester groups is 2. The van der Waals surface area contributed by atoms with Gasteiger partial charge in [-0.1, -0.05) is 337 Å². The fourth-order valence-electron chi connectivity index (χ4n) is 11.6. The maximum absolute atomic E-state index is 13.1. The molecule has 0 aliphatic rings. The average Bonchev–Trinajstić information content (AvgIpc) is 1.24. The van der Waals surface area contributed by atoms with Crippen molar-refractivity contribution in [3.05, 3.63) is 0 Å². The Kier molecular flexibility index (Phi) is 65.2. The van der Waals surface area contributed by atoms with Crippen LogP contribution in [0.5, 0.6) is 0 Å². The number of esters is 4. The SMILES string of the molecule is CCCCCCCCCCCCCCCCCCCC(=O)OC[C@H](COP(=O)(O)OC[C@@H](O)COP(=O)(O)OC[C@@H](COC(=O)CCCCCCCCCC(C)C)OC(=O)CCCCCCCCCC(C)C)OC(=O)CCCCCCCCCCCCCCCCC(C)CC. The summed E-state index contributed by atoms with van der Waals surface area (Å²) in [6.07, 6.45) is 52.9. The van der Waals surface area contributed by atoms with E-state index in [-0.39, 0.29) is 25.7 Å². The molecule has 0 aliphatic heterocycles. The first kappa shape index (κ1) is 93.1. The zero-order chi connectivity index (χ0) is 70.1. The van der Waals surface area contributed by atoms with Gasteiger partial charge in [-0.3, -0.25) is 37.3 Å². The summed E-state index contributed by atoms with van der Waals surface area (Å²) < 4.78 is 68.5. The maximum Gasteiger partial charge on any atom is 0.472 e. The van der Waals surface area contributed by atoms with E-state index >= 15 is 0 Å². The Morgan fingerprint density at radius 3 is 0.800 bits per heavy atom. The van der Waals surface area contributed by atoms with E-state index in [4.69, 9.17) is 37.0 Å². The summed E-state index contributed by atoms with van der Waals surface area (Å²) in [7, 11) is -9.91. The summed E-state index contributed by atoms with van der Waals surface area (Å²) in [6, 6.07) is 0. The lowest BCUT2D eigenvalue weighted by atomic mass is 9.99. The number of phosphoric acid groups is 2. The molecule has 0 aliphatic carbocycles. The van der Waals surface area contributed by atoms with E-state index in [0.29, 0.717) is 37.5 Å². The molecule has 0 saturated carbocycles. The Morgan fingerprint density at radius 2 is 0.537 bits per heavy atom. The largest absolute Gasteiger partial charge is 0.472 e. The van der Waals surface area contributed by atoms with Crippen molar-refractivity contribution < 1.29 is 80.2 Å². The van der Waals surface area contributed by atoms with Gasteiger partial charge in [0, 0.05) is 25.7 Å². The number of ether oxygens (including phenoxy) is 4. The zero-order valence-electron chi connectivity index (χ0n) is 62.1. The minimum absolute atomic E-state index is 0.103. The second-order valence-corrected chi connectivity index (χ2v) is 31.5. The van der Waals surface area contributed by atoms with Crippen LogP contribution >= 0.6 is 15.6 Å². The van der Waals surface area contributed by atoms with Crippen LogP contribution in [-0.2, 0) is 65.4 Å². The molecule has 0 heterocycles. The summed E-state index contributed by atoms with van der Waals surface area (Å²) in [6.45, 7) is 11.8. The van der Waals surface area contributed by atoms with Gasteiger partial charge in [0.15, 0.2) is 12.2 Å². The highest BCUT2D eigenvalue weighted by atomic mass is 31.2. The van der Waals surface area contributed by atoms with Gasteiger partial charge in [-0.05, 0) is 43.4 Å². The molecule has 0 radical (unpaired) electrons. The third kappa shape index (κ3) is 69.0. The highest BCUT2D eigenvalue weighted by molar-refractivity contribution is 7.47. The number of hydrogen-bond acceptors (Lipinski definition) is 15. The first-order chi connectivity index (χ1) is 45.8. The summed E-state index contributed by atoms with van der Waals surface area (Å²) in [5.41, 5.74) is 0. The lowest BCUT2D eigenvalue weighted by molar-refractivity contribution is -0.161. The van der Waals surface area contributed by atoms with Crippen molar-refractivity contribution in [2.24, 2.45) is 17.8 Å². The smallest absolute Gasteiger partial charge is 0.462 e. The summed E-state index contributed by atoms with van der Waals surface area (Å²) >= 11 is 0. The Hall–Kier alpha value is -1.94. The van der Waals surface area contributed by atoms with Gasteiger partial charge in [-0.15, -0.1) is 0 Å². The molecule has 19 heteroatoms. The Labute approximate surface area is 581 Å². The van der Waals surface area contributed by atoms with E-state index < -0.39 is 97.5 Å². The molecule has 6 atom stereocenters. The fraction of sp³-hybridized carbons (Fsp3) is 0.947. The molecule has 0 rings (SSSR count). The third-order valence-electron chi connectivity index (χ3n) is 18.0. The molecule has 0 bridgehead atoms. The topological polar surface area (TPSA) is 237 Å². The van der Waals surface area contributed by atoms with Gasteiger partial charge in [-0.2, -0.15) is 0 Å². The van der Waals surface area contributed by atoms with E-state index in [2.05, 4.69) is 48.5 Å². The Morgan fingerprint density at radius 1 is 0.305 bits per heavy atom. The second-order valence-electron chi connectivity index (χ2n) is 28.6. The van der Waals surface area contributed by atoms with Crippen molar-refractivity contribution in [2.75, 3.05) is 39.6 Å². The fourth-order valence-corrected chi connectivity index (χ4v) is 13.1. The molecule has 0 fully saturated rings. The molecule has 0 aromatic heterocycles. The molecule has 564 valence electrons. The Bertz CT molecular complexity index is 1850. The monoisotopic (exact) mass is 1400 g/mol. The lowest BCUT2D eigenvalue weighted by Gasteiger charge is -2.21. The van der Waals surface area contributed by atoms with Crippen molar-refractivity contribution in [1.82, 2.24) is 0 Å². The van der Waals surface area contributed by atoms with Crippen molar-refractivity contribution in [3.63, 3.8) is 0 Å². The first-order valence-electron chi connectivity index (χ1n) is 39.4. The minimum Gasteiger partial charge on any atom is -0.462 e. The first-order valence-corrected chi connectivity index (χ1v) is 42.4. The third-order valence-corrected chi connectivity index (χ3v) is 19.9. The summed E-state index contributed by atoms with van der Waals surface area (Å²) in [4.78, 5) is 72.7. The van der Waals surface area contributed by atoms with Crippen molar-refractivity contribution in [1.29, 1.82) is 0 Å². The molecule has 95 heavy (non-hydrogen) atoms. The molecule has 3 unspecified atom stereocenters. The number of aliphatic hydroxyl groups excluding tert-OH is 1. The predicted molar refractivity (Wildman–Crippen MR) is 386 cm³/mol. The van der Waals surface area contributed by atoms with Gasteiger partial charge in [0.1, 0.15) is 19.3 Å². The van der Waals surface area contributed by atoms with E-state index in [0.717, 1.165) is 102 Å². The van der Waals surface area contributed by atoms with Crippen molar-refractivity contribution in [3.8, 4) is 0 Å². The number of carbonyl (C=O) groups excluding carboxylic acids is 4. The van der Waals surface area contributed by atoms with Gasteiger partial charge in [0.2, 0.25) is 0 Å². The number of rotatable bonds is 74. The lowest BCUT2D eigenvalue weighted by Crippen LogP contribution is -2.30. The molecule has 3 N–H and O–H groups in total. The molecule has 0 aromatic rings. The number of hydrogen-bond donors (Lipinski definition) is 3. The summed E-state index contributed by atoms with van der Waals surface area (Å²) in [5.74, 6) is 0.125. The number of aliphatic hydroxyl groups is 1. The van der Waals surface area contributed by atoms with Crippen LogP contribution in [0.15, 0.2) is 0 Å². The molecule has 0 saturated heterocycles. The molecule has 0 spiro atoms. The molecule has 17 nitrogen and oxygen atoms in total. The van der Waals surface area contributed by atoms with Crippen LogP contribution in [0.25, 0.3) is 0 Å². The van der Waals surface area contributed by atoms with E-state index in [9.17, 15) is 43.2 Å². The van der Waals surface area contributed by atoms with E-state index in [1.54, 1.807) is 0 Å². The van der Waals surface area contributed by atoms with Gasteiger partial charge in [-0.25, -0.2) is 9.13 Å². The van der Waals surface area contributed by atoms with Crippen LogP contribution in [-0.4, -0.2) is 96.7 Å². The number of carbonyl (C=O) groups is 4. The molecular weight excluding hydrogens is 1250 g/mol. The highest BCUT2D eigenvalue weighted by Gasteiger charge is 2.30.